The Bertz CT molecular complexity index is 1130. The molecular formula is C26H46N10O12. The molecule has 3 atom stereocenters. The van der Waals surface area contributed by atoms with Gasteiger partial charge in [-0.1, -0.05) is 12.8 Å². The SMILES string of the molecule is NOCC(=O)NCCCCCCC(=O)NCC(=O)N[C@@H](CCCN=C(N)N)C(=O)NCC(=O)N[C@@H](CC(=O)O)C(=O)N[C@@H](CO)C(=O)O. The number of nitrogens with one attached hydrogen (secondary N) is 6. The van der Waals surface area contributed by atoms with Crippen molar-refractivity contribution in [1.82, 2.24) is 31.9 Å². The topological polar surface area (TPSA) is 369 Å². The van der Waals surface area contributed by atoms with Crippen LogP contribution in [0.3, 0.4) is 0 Å². The number of aliphatic hydroxyl groups is 1. The maximum Gasteiger partial charge on any atom is 0.328 e. The molecule has 0 radical (unpaired) electrons. The Morgan fingerprint density at radius 1 is 0.688 bits per heavy atom. The summed E-state index contributed by atoms with van der Waals surface area (Å²) in [6, 6.07) is -4.72. The van der Waals surface area contributed by atoms with E-state index in [1.165, 1.54) is 0 Å². The molecule has 0 saturated heterocycles. The lowest BCUT2D eigenvalue weighted by molar-refractivity contribution is -0.144. The monoisotopic (exact) mass is 690 g/mol. The number of hydrogen-bond donors (Lipinski definition) is 12. The summed E-state index contributed by atoms with van der Waals surface area (Å²) in [5.74, 6) is -3.03. The number of unbranched alkanes of at least 4 members (excludes halogenated alkanes) is 3. The van der Waals surface area contributed by atoms with Crippen LogP contribution < -0.4 is 49.3 Å². The molecule has 272 valence electrons. The van der Waals surface area contributed by atoms with E-state index in [0.29, 0.717) is 25.8 Å². The second-order valence-electron chi connectivity index (χ2n) is 10.2. The number of carboxylic acids is 2. The number of amides is 6. The van der Waals surface area contributed by atoms with Gasteiger partial charge in [-0.2, -0.15) is 0 Å². The van der Waals surface area contributed by atoms with Crippen LogP contribution in [0.15, 0.2) is 4.99 Å². The molecule has 0 rings (SSSR count). The van der Waals surface area contributed by atoms with Gasteiger partial charge in [-0.05, 0) is 25.7 Å². The Hall–Kier alpha value is -5.09. The first kappa shape index (κ1) is 42.9. The number of aliphatic carboxylic acids is 2. The minimum Gasteiger partial charge on any atom is -0.481 e. The van der Waals surface area contributed by atoms with Gasteiger partial charge in [0.2, 0.25) is 35.4 Å². The van der Waals surface area contributed by atoms with Gasteiger partial charge in [0.05, 0.1) is 26.1 Å². The highest BCUT2D eigenvalue weighted by Gasteiger charge is 2.28. The third-order valence-electron chi connectivity index (χ3n) is 6.16. The molecule has 0 aromatic rings. The molecule has 0 spiro atoms. The van der Waals surface area contributed by atoms with Crippen molar-refractivity contribution in [3.05, 3.63) is 0 Å². The van der Waals surface area contributed by atoms with E-state index in [1.807, 2.05) is 5.32 Å². The van der Waals surface area contributed by atoms with Gasteiger partial charge < -0.3 is 58.7 Å². The molecule has 0 aliphatic heterocycles. The highest BCUT2D eigenvalue weighted by Crippen LogP contribution is 2.03. The number of guanidine groups is 1. The summed E-state index contributed by atoms with van der Waals surface area (Å²) in [6.45, 7) is -1.92. The maximum atomic E-state index is 12.8. The zero-order valence-electron chi connectivity index (χ0n) is 26.3. The first-order valence-corrected chi connectivity index (χ1v) is 14.8. The third-order valence-corrected chi connectivity index (χ3v) is 6.16. The summed E-state index contributed by atoms with van der Waals surface area (Å²) >= 11 is 0. The van der Waals surface area contributed by atoms with Crippen LogP contribution in [-0.2, 0) is 43.2 Å². The Morgan fingerprint density at radius 2 is 1.31 bits per heavy atom. The number of nitrogens with two attached hydrogens (primary N) is 3. The van der Waals surface area contributed by atoms with E-state index in [9.17, 15) is 38.4 Å². The van der Waals surface area contributed by atoms with Gasteiger partial charge in [-0.15, -0.1) is 0 Å². The highest BCUT2D eigenvalue weighted by molar-refractivity contribution is 5.95. The Kier molecular flexibility index (Phi) is 22.4. The molecule has 0 aliphatic rings. The van der Waals surface area contributed by atoms with Gasteiger partial charge >= 0.3 is 11.9 Å². The van der Waals surface area contributed by atoms with Crippen LogP contribution in [-0.4, -0.2) is 126 Å². The van der Waals surface area contributed by atoms with E-state index in [1.54, 1.807) is 0 Å². The number of aliphatic imine (C=N–C) groups is 1. The molecule has 48 heavy (non-hydrogen) atoms. The number of rotatable bonds is 26. The maximum absolute atomic E-state index is 12.8. The van der Waals surface area contributed by atoms with E-state index < -0.39 is 85.7 Å². The second kappa shape index (κ2) is 25.1. The van der Waals surface area contributed by atoms with Crippen molar-refractivity contribution in [2.75, 3.05) is 39.4 Å². The van der Waals surface area contributed by atoms with Crippen LogP contribution in [0, 0.1) is 0 Å². The van der Waals surface area contributed by atoms with Gasteiger partial charge in [0.25, 0.3) is 0 Å². The van der Waals surface area contributed by atoms with Gasteiger partial charge in [0.1, 0.15) is 24.7 Å². The summed E-state index contributed by atoms with van der Waals surface area (Å²) in [5.41, 5.74) is 10.6. The molecule has 22 nitrogen and oxygen atoms in total. The summed E-state index contributed by atoms with van der Waals surface area (Å²) in [6.07, 6.45) is 2.07. The van der Waals surface area contributed by atoms with E-state index in [-0.39, 0.29) is 44.3 Å². The molecule has 22 heteroatoms. The van der Waals surface area contributed by atoms with Gasteiger partial charge in [0, 0.05) is 19.5 Å². The average Bonchev–Trinajstić information content (AvgIpc) is 3.01. The molecular weight excluding hydrogens is 644 g/mol. The lowest BCUT2D eigenvalue weighted by Crippen LogP contribution is -2.55. The fourth-order valence-corrected chi connectivity index (χ4v) is 3.78. The number of nitrogens with zero attached hydrogens (tertiary/aromatic N) is 1. The van der Waals surface area contributed by atoms with Crippen molar-refractivity contribution in [2.45, 2.75) is 69.5 Å². The van der Waals surface area contributed by atoms with Gasteiger partial charge in [-0.25, -0.2) is 10.7 Å². The van der Waals surface area contributed by atoms with Crippen molar-refractivity contribution < 1.29 is 58.5 Å². The molecule has 0 saturated carbocycles. The first-order chi connectivity index (χ1) is 22.7. The van der Waals surface area contributed by atoms with Crippen LogP contribution in [0.5, 0.6) is 0 Å². The molecule has 0 unspecified atom stereocenters. The lowest BCUT2D eigenvalue weighted by Gasteiger charge is -2.21. The normalized spacial score (nSPS) is 12.3. The van der Waals surface area contributed by atoms with Crippen LogP contribution in [0.2, 0.25) is 0 Å². The Labute approximate surface area is 275 Å². The first-order valence-electron chi connectivity index (χ1n) is 14.8. The van der Waals surface area contributed by atoms with E-state index in [2.05, 4.69) is 36.4 Å². The second-order valence-corrected chi connectivity index (χ2v) is 10.2. The fraction of sp³-hybridized carbons (Fsp3) is 0.654. The van der Waals surface area contributed by atoms with E-state index in [0.717, 1.165) is 6.42 Å². The number of hydrogen-bond acceptors (Lipinski definition) is 12. The van der Waals surface area contributed by atoms with Crippen LogP contribution in [0.4, 0.5) is 0 Å². The van der Waals surface area contributed by atoms with Crippen LogP contribution in [0.25, 0.3) is 0 Å². The number of carbonyl (C=O) groups is 8. The van der Waals surface area contributed by atoms with Gasteiger partial charge in [0.15, 0.2) is 5.96 Å². The fourth-order valence-electron chi connectivity index (χ4n) is 3.78. The van der Waals surface area contributed by atoms with Crippen LogP contribution >= 0.6 is 0 Å². The molecule has 0 fully saturated rings. The summed E-state index contributed by atoms with van der Waals surface area (Å²) in [7, 11) is 0. The zero-order chi connectivity index (χ0) is 36.5. The smallest absolute Gasteiger partial charge is 0.328 e. The summed E-state index contributed by atoms with van der Waals surface area (Å²) in [5, 5.41) is 40.8. The van der Waals surface area contributed by atoms with E-state index >= 15 is 0 Å². The van der Waals surface area contributed by atoms with Crippen molar-refractivity contribution in [1.29, 1.82) is 0 Å². The third kappa shape index (κ3) is 21.6. The van der Waals surface area contributed by atoms with Crippen molar-refractivity contribution in [3.8, 4) is 0 Å². The van der Waals surface area contributed by atoms with E-state index in [4.69, 9.17) is 32.7 Å². The molecule has 0 heterocycles. The number of carbonyl (C=O) groups excluding carboxylic acids is 6. The molecule has 0 bridgehead atoms. The van der Waals surface area contributed by atoms with Crippen molar-refractivity contribution >= 4 is 53.3 Å². The molecule has 6 amide bonds. The quantitative estimate of drug-likeness (QED) is 0.0174. The number of aliphatic hydroxyl groups excluding tert-OH is 1. The summed E-state index contributed by atoms with van der Waals surface area (Å²) < 4.78 is 0. The predicted octanol–water partition coefficient (Wildman–Crippen LogP) is -5.76. The standard InChI is InChI=1S/C26H46N10O12/c27-26(28)31-9-5-6-15(34-19(39)11-32-18(38)7-3-1-2-4-8-30-21(41)14-48-29)23(44)33-12-20(40)35-16(10-22(42)43)24(45)36-17(13-37)25(46)47/h15-17,37H,1-14,29H2,(H,30,41)(H,32,38)(H,33,44)(H,34,39)(H,35,40)(H,36,45)(H,42,43)(H,46,47)(H4,27,28,31)/t15-,16-,17-/m0/s1. The average molecular weight is 691 g/mol. The minimum atomic E-state index is -1.76. The molecule has 0 aromatic heterocycles. The predicted molar refractivity (Wildman–Crippen MR) is 165 cm³/mol. The van der Waals surface area contributed by atoms with Crippen molar-refractivity contribution in [3.63, 3.8) is 0 Å². The van der Waals surface area contributed by atoms with Crippen molar-refractivity contribution in [2.24, 2.45) is 22.4 Å². The zero-order valence-corrected chi connectivity index (χ0v) is 26.3. The largest absolute Gasteiger partial charge is 0.481 e. The minimum absolute atomic E-state index is 0.00536. The van der Waals surface area contributed by atoms with Gasteiger partial charge in [-0.3, -0.25) is 43.4 Å². The highest BCUT2D eigenvalue weighted by atomic mass is 16.6. The van der Waals surface area contributed by atoms with Crippen LogP contribution in [0.1, 0.15) is 51.4 Å². The molecule has 0 aliphatic carbocycles. The molecule has 15 N–H and O–H groups in total. The summed E-state index contributed by atoms with van der Waals surface area (Å²) in [4.78, 5) is 104. The number of carboxylic acid groups (broad SMARTS) is 2. The lowest BCUT2D eigenvalue weighted by atomic mass is 10.1. The Morgan fingerprint density at radius 3 is 1.90 bits per heavy atom. The Balaban J connectivity index is 4.96. The molecule has 0 aromatic carbocycles.